The highest BCUT2D eigenvalue weighted by Crippen LogP contribution is 1.98. The van der Waals surface area contributed by atoms with E-state index in [-0.39, 0.29) is 0 Å². The Kier molecular flexibility index (Phi) is 8.49. The highest BCUT2D eigenvalue weighted by atomic mass is 16.5. The Balaban J connectivity index is 2.38. The zero-order valence-electron chi connectivity index (χ0n) is 11.1. The molecule has 0 spiro atoms. The van der Waals surface area contributed by atoms with Crippen molar-refractivity contribution in [2.45, 2.75) is 19.1 Å². The summed E-state index contributed by atoms with van der Waals surface area (Å²) >= 11 is 0. The lowest BCUT2D eigenvalue weighted by Crippen LogP contribution is -2.41. The average Bonchev–Trinajstić information content (AvgIpc) is 2.35. The minimum Gasteiger partial charge on any atom is -0.389 e. The maximum atomic E-state index is 9.79. The molecule has 1 aliphatic rings. The topological polar surface area (TPSA) is 71.4 Å². The van der Waals surface area contributed by atoms with Crippen LogP contribution in [-0.2, 0) is 14.2 Å². The Hall–Kier alpha value is -0.240. The standard InChI is InChI=1S/C12H25NO5/c1-2-13-7-11(14)9-17-5-3-16-4-6-18-10-12(15)8-13/h11-12,14-15H,2-10H2,1H3. The summed E-state index contributed by atoms with van der Waals surface area (Å²) in [4.78, 5) is 1.99. The van der Waals surface area contributed by atoms with Gasteiger partial charge in [0, 0.05) is 13.1 Å². The number of ether oxygens (including phenoxy) is 3. The molecule has 6 nitrogen and oxygen atoms in total. The van der Waals surface area contributed by atoms with Gasteiger partial charge in [-0.3, -0.25) is 4.90 Å². The Morgan fingerprint density at radius 2 is 1.33 bits per heavy atom. The molecule has 108 valence electrons. The van der Waals surface area contributed by atoms with Crippen molar-refractivity contribution in [2.24, 2.45) is 0 Å². The van der Waals surface area contributed by atoms with Crippen molar-refractivity contribution in [3.63, 3.8) is 0 Å². The van der Waals surface area contributed by atoms with Crippen molar-refractivity contribution in [3.05, 3.63) is 0 Å². The molecule has 1 fully saturated rings. The quantitative estimate of drug-likeness (QED) is 0.638. The third-order valence-corrected chi connectivity index (χ3v) is 2.75. The maximum absolute atomic E-state index is 9.79. The van der Waals surface area contributed by atoms with Crippen LogP contribution >= 0.6 is 0 Å². The largest absolute Gasteiger partial charge is 0.389 e. The van der Waals surface area contributed by atoms with Gasteiger partial charge in [0.15, 0.2) is 0 Å². The van der Waals surface area contributed by atoms with Gasteiger partial charge in [-0.1, -0.05) is 6.92 Å². The van der Waals surface area contributed by atoms with Crippen molar-refractivity contribution < 1.29 is 24.4 Å². The van der Waals surface area contributed by atoms with Crippen LogP contribution in [0.3, 0.4) is 0 Å². The third-order valence-electron chi connectivity index (χ3n) is 2.75. The van der Waals surface area contributed by atoms with E-state index < -0.39 is 12.2 Å². The van der Waals surface area contributed by atoms with E-state index in [0.29, 0.717) is 52.7 Å². The van der Waals surface area contributed by atoms with E-state index in [2.05, 4.69) is 0 Å². The normalized spacial score (nSPS) is 30.8. The van der Waals surface area contributed by atoms with Crippen LogP contribution in [0.25, 0.3) is 0 Å². The van der Waals surface area contributed by atoms with Crippen molar-refractivity contribution in [2.75, 3.05) is 59.3 Å². The van der Waals surface area contributed by atoms with Crippen LogP contribution < -0.4 is 0 Å². The van der Waals surface area contributed by atoms with Gasteiger partial charge in [0.2, 0.25) is 0 Å². The second-order valence-corrected chi connectivity index (χ2v) is 4.42. The third kappa shape index (κ3) is 7.25. The lowest BCUT2D eigenvalue weighted by molar-refractivity contribution is -0.0438. The summed E-state index contributed by atoms with van der Waals surface area (Å²) < 4.78 is 15.9. The van der Waals surface area contributed by atoms with Gasteiger partial charge in [-0.2, -0.15) is 0 Å². The lowest BCUT2D eigenvalue weighted by Gasteiger charge is -2.26. The second-order valence-electron chi connectivity index (χ2n) is 4.42. The van der Waals surface area contributed by atoms with Crippen LogP contribution in [-0.4, -0.2) is 86.6 Å². The Morgan fingerprint density at radius 1 is 0.889 bits per heavy atom. The van der Waals surface area contributed by atoms with Crippen LogP contribution in [0.1, 0.15) is 6.92 Å². The molecule has 18 heavy (non-hydrogen) atoms. The monoisotopic (exact) mass is 263 g/mol. The maximum Gasteiger partial charge on any atom is 0.0900 e. The van der Waals surface area contributed by atoms with E-state index in [9.17, 15) is 10.2 Å². The lowest BCUT2D eigenvalue weighted by atomic mass is 10.3. The van der Waals surface area contributed by atoms with Crippen LogP contribution in [0.15, 0.2) is 0 Å². The first-order valence-corrected chi connectivity index (χ1v) is 6.54. The molecule has 2 atom stereocenters. The molecule has 0 radical (unpaired) electrons. The van der Waals surface area contributed by atoms with Crippen molar-refractivity contribution in [1.29, 1.82) is 0 Å². The van der Waals surface area contributed by atoms with Crippen LogP contribution in [0.4, 0.5) is 0 Å². The molecule has 0 aliphatic carbocycles. The number of hydrogen-bond donors (Lipinski definition) is 2. The summed E-state index contributed by atoms with van der Waals surface area (Å²) in [6, 6.07) is 0. The number of aliphatic hydroxyl groups is 2. The second kappa shape index (κ2) is 9.66. The first-order valence-electron chi connectivity index (χ1n) is 6.54. The van der Waals surface area contributed by atoms with Gasteiger partial charge in [0.1, 0.15) is 0 Å². The molecule has 1 saturated heterocycles. The van der Waals surface area contributed by atoms with Crippen molar-refractivity contribution >= 4 is 0 Å². The number of likely N-dealkylation sites (N-methyl/N-ethyl adjacent to an activating group) is 1. The molecule has 2 unspecified atom stereocenters. The summed E-state index contributed by atoms with van der Waals surface area (Å²) in [5.74, 6) is 0. The number of rotatable bonds is 1. The fourth-order valence-corrected chi connectivity index (χ4v) is 1.81. The van der Waals surface area contributed by atoms with Crippen molar-refractivity contribution in [3.8, 4) is 0 Å². The highest BCUT2D eigenvalue weighted by Gasteiger charge is 2.15. The van der Waals surface area contributed by atoms with Crippen LogP contribution in [0.5, 0.6) is 0 Å². The Morgan fingerprint density at radius 3 is 1.78 bits per heavy atom. The van der Waals surface area contributed by atoms with Gasteiger partial charge in [-0.25, -0.2) is 0 Å². The summed E-state index contributed by atoms with van der Waals surface area (Å²) in [6.45, 7) is 6.31. The number of aliphatic hydroxyl groups excluding tert-OH is 2. The van der Waals surface area contributed by atoms with Gasteiger partial charge in [-0.05, 0) is 6.54 Å². The molecule has 0 aromatic carbocycles. The molecule has 0 saturated carbocycles. The molecule has 0 aromatic rings. The molecular formula is C12H25NO5. The van der Waals surface area contributed by atoms with E-state index in [1.165, 1.54) is 0 Å². The highest BCUT2D eigenvalue weighted by molar-refractivity contribution is 4.67. The summed E-state index contributed by atoms with van der Waals surface area (Å²) in [7, 11) is 0. The zero-order valence-corrected chi connectivity index (χ0v) is 11.1. The molecule has 6 heteroatoms. The number of β-amino-alcohol motifs (C(OH)–C–C–N with tert-alkyl or cyclic N) is 2. The first kappa shape index (κ1) is 15.8. The minimum absolute atomic E-state index is 0.298. The van der Waals surface area contributed by atoms with E-state index in [1.54, 1.807) is 0 Å². The van der Waals surface area contributed by atoms with E-state index in [4.69, 9.17) is 14.2 Å². The van der Waals surface area contributed by atoms with Gasteiger partial charge in [0.25, 0.3) is 0 Å². The molecule has 0 aromatic heterocycles. The van der Waals surface area contributed by atoms with Gasteiger partial charge < -0.3 is 24.4 Å². The van der Waals surface area contributed by atoms with Crippen molar-refractivity contribution in [1.82, 2.24) is 4.90 Å². The zero-order chi connectivity index (χ0) is 13.2. The molecule has 0 amide bonds. The van der Waals surface area contributed by atoms with Gasteiger partial charge >= 0.3 is 0 Å². The van der Waals surface area contributed by atoms with Crippen LogP contribution in [0, 0.1) is 0 Å². The Labute approximate surface area is 108 Å². The molecule has 1 rings (SSSR count). The number of nitrogens with zero attached hydrogens (tertiary/aromatic N) is 1. The minimum atomic E-state index is -0.541. The Bertz CT molecular complexity index is 187. The first-order chi connectivity index (χ1) is 8.72. The predicted molar refractivity (Wildman–Crippen MR) is 66.6 cm³/mol. The van der Waals surface area contributed by atoms with E-state index in [0.717, 1.165) is 6.54 Å². The summed E-state index contributed by atoms with van der Waals surface area (Å²) in [5, 5.41) is 19.6. The smallest absolute Gasteiger partial charge is 0.0900 e. The molecule has 1 aliphatic heterocycles. The van der Waals surface area contributed by atoms with Crippen LogP contribution in [0.2, 0.25) is 0 Å². The van der Waals surface area contributed by atoms with Gasteiger partial charge in [0.05, 0.1) is 51.8 Å². The van der Waals surface area contributed by atoms with E-state index in [1.807, 2.05) is 11.8 Å². The average molecular weight is 263 g/mol. The molecule has 1 heterocycles. The molecular weight excluding hydrogens is 238 g/mol. The number of hydrogen-bond acceptors (Lipinski definition) is 6. The SMILES string of the molecule is CCN1CC(O)COCCOCCOCC(O)C1. The fourth-order valence-electron chi connectivity index (χ4n) is 1.81. The predicted octanol–water partition coefficient (Wildman–Crippen LogP) is -0.906. The molecule has 0 bridgehead atoms. The summed E-state index contributed by atoms with van der Waals surface area (Å²) in [5.41, 5.74) is 0. The molecule has 2 N–H and O–H groups in total. The summed E-state index contributed by atoms with van der Waals surface area (Å²) in [6.07, 6.45) is -1.08. The van der Waals surface area contributed by atoms with Gasteiger partial charge in [-0.15, -0.1) is 0 Å². The van der Waals surface area contributed by atoms with E-state index >= 15 is 0 Å². The fraction of sp³-hybridized carbons (Fsp3) is 1.00.